The van der Waals surface area contributed by atoms with E-state index in [1.807, 2.05) is 60.8 Å². The highest BCUT2D eigenvalue weighted by atomic mass is 35.5. The van der Waals surface area contributed by atoms with Crippen molar-refractivity contribution in [3.63, 3.8) is 0 Å². The van der Waals surface area contributed by atoms with Crippen molar-refractivity contribution >= 4 is 11.6 Å². The molecule has 1 heterocycles. The predicted molar refractivity (Wildman–Crippen MR) is 95.8 cm³/mol. The number of aromatic nitrogens is 1. The number of benzene rings is 2. The first kappa shape index (κ1) is 16.5. The van der Waals surface area contributed by atoms with E-state index in [4.69, 9.17) is 16.3 Å². The summed E-state index contributed by atoms with van der Waals surface area (Å²) < 4.78 is 5.80. The van der Waals surface area contributed by atoms with E-state index in [-0.39, 0.29) is 0 Å². The Kier molecular flexibility index (Phi) is 5.83. The van der Waals surface area contributed by atoms with Gasteiger partial charge in [-0.2, -0.15) is 0 Å². The van der Waals surface area contributed by atoms with Crippen LogP contribution >= 0.6 is 11.6 Å². The molecule has 0 saturated heterocycles. The summed E-state index contributed by atoms with van der Waals surface area (Å²) in [6, 6.07) is 21.9. The molecule has 0 aliphatic carbocycles. The average Bonchev–Trinajstić information content (AvgIpc) is 2.63. The molecular weight excluding hydrogens is 320 g/mol. The molecule has 122 valence electrons. The van der Waals surface area contributed by atoms with E-state index in [0.717, 1.165) is 35.1 Å². The monoisotopic (exact) mass is 339 g/mol. The molecule has 2 aromatic carbocycles. The average molecular weight is 340 g/mol. The third kappa shape index (κ3) is 5.08. The molecule has 0 atom stereocenters. The summed E-state index contributed by atoms with van der Waals surface area (Å²) in [5.74, 6) is 0.874. The zero-order valence-electron chi connectivity index (χ0n) is 13.4. The standard InChI is InChI=1S/C20H19ClN2O/c21-18-8-4-17(5-9-18)15-24-20-10-6-16(7-11-20)13-22-14-19-3-1-2-12-23-19/h1-12,22H,13-15H2/p+1. The van der Waals surface area contributed by atoms with Gasteiger partial charge in [-0.3, -0.25) is 4.98 Å². The summed E-state index contributed by atoms with van der Waals surface area (Å²) in [6.45, 7) is 2.35. The molecule has 4 heteroatoms. The number of quaternary nitrogens is 1. The van der Waals surface area contributed by atoms with Crippen molar-refractivity contribution in [1.82, 2.24) is 4.98 Å². The van der Waals surface area contributed by atoms with Gasteiger partial charge < -0.3 is 10.1 Å². The Morgan fingerprint density at radius 1 is 0.833 bits per heavy atom. The highest BCUT2D eigenvalue weighted by Crippen LogP contribution is 2.15. The van der Waals surface area contributed by atoms with Crippen LogP contribution < -0.4 is 10.1 Å². The highest BCUT2D eigenvalue weighted by Gasteiger charge is 2.00. The molecule has 1 aromatic heterocycles. The molecule has 0 radical (unpaired) electrons. The molecular formula is C20H20ClN2O+. The molecule has 0 aliphatic rings. The first-order valence-corrected chi connectivity index (χ1v) is 8.35. The van der Waals surface area contributed by atoms with E-state index in [1.165, 1.54) is 5.56 Å². The predicted octanol–water partition coefficient (Wildman–Crippen LogP) is 3.58. The van der Waals surface area contributed by atoms with Crippen LogP contribution in [0.2, 0.25) is 5.02 Å². The zero-order chi connectivity index (χ0) is 16.6. The number of rotatable bonds is 7. The minimum Gasteiger partial charge on any atom is -0.489 e. The van der Waals surface area contributed by atoms with E-state index >= 15 is 0 Å². The molecule has 2 N–H and O–H groups in total. The van der Waals surface area contributed by atoms with E-state index < -0.39 is 0 Å². The fourth-order valence-electron chi connectivity index (χ4n) is 2.37. The Balaban J connectivity index is 1.45. The van der Waals surface area contributed by atoms with Gasteiger partial charge in [0, 0.05) is 16.8 Å². The number of hydrogen-bond acceptors (Lipinski definition) is 2. The molecule has 0 fully saturated rings. The second-order valence-electron chi connectivity index (χ2n) is 5.58. The van der Waals surface area contributed by atoms with Crippen LogP contribution in [0.4, 0.5) is 0 Å². The molecule has 0 bridgehead atoms. The molecule has 3 aromatic rings. The molecule has 0 saturated carbocycles. The first-order chi connectivity index (χ1) is 11.8. The summed E-state index contributed by atoms with van der Waals surface area (Å²) in [4.78, 5) is 4.32. The normalized spacial score (nSPS) is 10.5. The Morgan fingerprint density at radius 3 is 2.29 bits per heavy atom. The summed E-state index contributed by atoms with van der Waals surface area (Å²) in [5, 5.41) is 2.98. The van der Waals surface area contributed by atoms with Gasteiger partial charge in [0.05, 0.1) is 5.69 Å². The van der Waals surface area contributed by atoms with Gasteiger partial charge in [0.2, 0.25) is 0 Å². The Hall–Kier alpha value is -2.36. The minimum absolute atomic E-state index is 0.544. The number of ether oxygens (including phenoxy) is 1. The third-order valence-corrected chi connectivity index (χ3v) is 3.95. The highest BCUT2D eigenvalue weighted by molar-refractivity contribution is 6.30. The molecule has 3 rings (SSSR count). The van der Waals surface area contributed by atoms with Gasteiger partial charge in [-0.25, -0.2) is 0 Å². The Labute approximate surface area is 147 Å². The zero-order valence-corrected chi connectivity index (χ0v) is 14.1. The van der Waals surface area contributed by atoms with E-state index in [9.17, 15) is 0 Å². The minimum atomic E-state index is 0.544. The van der Waals surface area contributed by atoms with Crippen LogP contribution in [0.1, 0.15) is 16.8 Å². The van der Waals surface area contributed by atoms with Gasteiger partial charge in [0.15, 0.2) is 0 Å². The van der Waals surface area contributed by atoms with Crippen molar-refractivity contribution in [2.45, 2.75) is 19.7 Å². The third-order valence-electron chi connectivity index (χ3n) is 3.70. The van der Waals surface area contributed by atoms with Crippen LogP contribution in [0.15, 0.2) is 72.9 Å². The van der Waals surface area contributed by atoms with Gasteiger partial charge in [0.25, 0.3) is 0 Å². The second-order valence-corrected chi connectivity index (χ2v) is 6.01. The lowest BCUT2D eigenvalue weighted by molar-refractivity contribution is -0.686. The topological polar surface area (TPSA) is 38.7 Å². The van der Waals surface area contributed by atoms with Crippen LogP contribution in [0.5, 0.6) is 5.75 Å². The fourth-order valence-corrected chi connectivity index (χ4v) is 2.50. The molecule has 0 aliphatic heterocycles. The van der Waals surface area contributed by atoms with E-state index in [1.54, 1.807) is 0 Å². The summed E-state index contributed by atoms with van der Waals surface area (Å²) >= 11 is 5.88. The lowest BCUT2D eigenvalue weighted by atomic mass is 10.2. The van der Waals surface area contributed by atoms with Crippen LogP contribution in [-0.2, 0) is 19.7 Å². The van der Waals surface area contributed by atoms with Gasteiger partial charge in [-0.15, -0.1) is 0 Å². The summed E-state index contributed by atoms with van der Waals surface area (Å²) in [5.41, 5.74) is 3.47. The SMILES string of the molecule is Clc1ccc(COc2ccc(C[NH2+]Cc3ccccn3)cc2)cc1. The molecule has 3 nitrogen and oxygen atoms in total. The molecule has 0 spiro atoms. The van der Waals surface area contributed by atoms with Crippen molar-refractivity contribution in [1.29, 1.82) is 0 Å². The summed E-state index contributed by atoms with van der Waals surface area (Å²) in [7, 11) is 0. The lowest BCUT2D eigenvalue weighted by Gasteiger charge is -2.07. The van der Waals surface area contributed by atoms with Crippen molar-refractivity contribution in [3.8, 4) is 5.75 Å². The molecule has 0 unspecified atom stereocenters. The Bertz CT molecular complexity index is 743. The quantitative estimate of drug-likeness (QED) is 0.714. The maximum Gasteiger partial charge on any atom is 0.119 e. The fraction of sp³-hybridized carbons (Fsp3) is 0.150. The smallest absolute Gasteiger partial charge is 0.119 e. The van der Waals surface area contributed by atoms with Crippen LogP contribution in [0.3, 0.4) is 0 Å². The lowest BCUT2D eigenvalue weighted by Crippen LogP contribution is -2.80. The van der Waals surface area contributed by atoms with Gasteiger partial charge in [0.1, 0.15) is 25.4 Å². The summed E-state index contributed by atoms with van der Waals surface area (Å²) in [6.07, 6.45) is 1.83. The van der Waals surface area contributed by atoms with E-state index in [2.05, 4.69) is 22.4 Å². The maximum atomic E-state index is 5.88. The number of nitrogens with two attached hydrogens (primary N) is 1. The van der Waals surface area contributed by atoms with Crippen molar-refractivity contribution < 1.29 is 10.1 Å². The van der Waals surface area contributed by atoms with Gasteiger partial charge in [-0.1, -0.05) is 29.8 Å². The second kappa shape index (κ2) is 8.48. The van der Waals surface area contributed by atoms with Gasteiger partial charge in [-0.05, 0) is 54.1 Å². The Morgan fingerprint density at radius 2 is 1.58 bits per heavy atom. The van der Waals surface area contributed by atoms with Gasteiger partial charge >= 0.3 is 0 Å². The first-order valence-electron chi connectivity index (χ1n) is 7.97. The van der Waals surface area contributed by atoms with E-state index in [0.29, 0.717) is 6.61 Å². The maximum absolute atomic E-state index is 5.88. The largest absolute Gasteiger partial charge is 0.489 e. The van der Waals surface area contributed by atoms with Crippen LogP contribution in [0, 0.1) is 0 Å². The van der Waals surface area contributed by atoms with Crippen molar-refractivity contribution in [2.75, 3.05) is 0 Å². The number of pyridine rings is 1. The van der Waals surface area contributed by atoms with Crippen LogP contribution in [0.25, 0.3) is 0 Å². The number of halogens is 1. The van der Waals surface area contributed by atoms with Crippen LogP contribution in [-0.4, -0.2) is 4.98 Å². The number of nitrogens with zero attached hydrogens (tertiary/aromatic N) is 1. The van der Waals surface area contributed by atoms with Crippen molar-refractivity contribution in [3.05, 3.63) is 94.8 Å². The number of hydrogen-bond donors (Lipinski definition) is 1. The van der Waals surface area contributed by atoms with Crippen molar-refractivity contribution in [2.24, 2.45) is 0 Å². The molecule has 0 amide bonds. The molecule has 24 heavy (non-hydrogen) atoms.